The van der Waals surface area contributed by atoms with Crippen LogP contribution in [0.25, 0.3) is 6.08 Å². The number of rotatable bonds is 42. The van der Waals surface area contributed by atoms with Gasteiger partial charge < -0.3 is 68.5 Å². The number of nitrogens with two attached hydrogens (primary N) is 1. The van der Waals surface area contributed by atoms with Gasteiger partial charge in [0.05, 0.1) is 151 Å². The maximum atomic E-state index is 14.0. The van der Waals surface area contributed by atoms with Gasteiger partial charge in [-0.3, -0.25) is 19.0 Å². The molecular formula is C46H67F4N5O18S. The van der Waals surface area contributed by atoms with Gasteiger partial charge in [0, 0.05) is 37.2 Å². The molecule has 5 N–H and O–H groups in total. The van der Waals surface area contributed by atoms with Crippen LogP contribution < -0.4 is 21.1 Å². The number of fused-ring (bicyclic) bond motifs is 1. The number of carbonyl (C=O) groups is 3. The number of nitrogens with zero attached hydrogens (tertiary/aromatic N) is 2. The molecule has 2 aromatic carbocycles. The highest BCUT2D eigenvalue weighted by atomic mass is 32.2. The van der Waals surface area contributed by atoms with Gasteiger partial charge in [-0.25, -0.2) is 23.6 Å². The predicted octanol–water partition coefficient (Wildman–Crippen LogP) is 2.90. The van der Waals surface area contributed by atoms with Crippen LogP contribution in [-0.4, -0.2) is 200 Å². The molecule has 74 heavy (non-hydrogen) atoms. The Balaban J connectivity index is 0.986. The number of amides is 3. The molecule has 3 amide bonds. The van der Waals surface area contributed by atoms with Gasteiger partial charge in [-0.2, -0.15) is 17.2 Å². The van der Waals surface area contributed by atoms with Crippen molar-refractivity contribution in [3.05, 3.63) is 58.7 Å². The van der Waals surface area contributed by atoms with E-state index >= 15 is 0 Å². The number of benzene rings is 2. The standard InChI is InChI=1S/C46H67F4N5O18S/c1-2-10-55(45(57)35-32-34-5-3-4-6-36(34)54-37(51)33-35)72-13-9-53-46(58)52-8-12-63-15-17-65-19-21-67-23-25-69-27-29-71-31-30-70-28-26-68-24-22-66-20-18-64-16-14-62-11-7-38(56)73-43-39(47)41(49)44(74(59,60)61)42(50)40(43)48/h3-6,32H,2,7-31,33H2,1H3,(H2,51,54)(H2,52,53,58)(H,59,60,61). The normalized spacial score (nSPS) is 12.5. The van der Waals surface area contributed by atoms with Crippen molar-refractivity contribution in [2.24, 2.45) is 10.7 Å². The number of ether oxygens (including phenoxy) is 11. The molecule has 0 saturated heterocycles. The summed E-state index contributed by atoms with van der Waals surface area (Å²) in [6.07, 6.45) is 2.07. The number of hydrogen-bond donors (Lipinski definition) is 4. The van der Waals surface area contributed by atoms with Gasteiger partial charge in [0.1, 0.15) is 5.84 Å². The number of carbonyl (C=O) groups excluding carboxylic acids is 3. The first-order valence-electron chi connectivity index (χ1n) is 23.6. The Hall–Kier alpha value is -4.95. The van der Waals surface area contributed by atoms with E-state index in [-0.39, 0.29) is 64.5 Å². The molecule has 418 valence electrons. The van der Waals surface area contributed by atoms with E-state index in [0.29, 0.717) is 136 Å². The van der Waals surface area contributed by atoms with E-state index in [2.05, 4.69) is 20.4 Å². The van der Waals surface area contributed by atoms with Crippen LogP contribution in [0.5, 0.6) is 5.75 Å². The van der Waals surface area contributed by atoms with Crippen molar-refractivity contribution in [3.63, 3.8) is 0 Å². The number of para-hydroxylation sites is 1. The summed E-state index contributed by atoms with van der Waals surface area (Å²) in [7, 11) is -5.65. The predicted molar refractivity (Wildman–Crippen MR) is 254 cm³/mol. The lowest BCUT2D eigenvalue weighted by atomic mass is 10.1. The largest absolute Gasteiger partial charge is 0.420 e. The lowest BCUT2D eigenvalue weighted by Gasteiger charge is -2.22. The highest BCUT2D eigenvalue weighted by molar-refractivity contribution is 7.85. The minimum absolute atomic E-state index is 0.0170. The molecule has 2 aromatic rings. The number of urea groups is 1. The lowest BCUT2D eigenvalue weighted by molar-refractivity contribution is -0.181. The van der Waals surface area contributed by atoms with Crippen LogP contribution in [0.4, 0.5) is 28.0 Å². The average molecular weight is 1090 g/mol. The van der Waals surface area contributed by atoms with E-state index in [0.717, 1.165) is 5.56 Å². The van der Waals surface area contributed by atoms with Crippen molar-refractivity contribution in [2.45, 2.75) is 31.1 Å². The molecule has 0 bridgehead atoms. The molecular weight excluding hydrogens is 1020 g/mol. The molecule has 0 aromatic heterocycles. The zero-order valence-corrected chi connectivity index (χ0v) is 42.1. The molecule has 0 saturated carbocycles. The summed E-state index contributed by atoms with van der Waals surface area (Å²) < 4.78 is 145. The Morgan fingerprint density at radius 2 is 1.05 bits per heavy atom. The maximum absolute atomic E-state index is 14.0. The third kappa shape index (κ3) is 26.0. The summed E-state index contributed by atoms with van der Waals surface area (Å²) in [5, 5.41) is 6.68. The van der Waals surface area contributed by atoms with Crippen LogP contribution >= 0.6 is 0 Å². The molecule has 0 unspecified atom stereocenters. The number of aliphatic imine (C=N–C) groups is 1. The fraction of sp³-hybridized carbons (Fsp3) is 0.609. The van der Waals surface area contributed by atoms with E-state index in [4.69, 9.17) is 62.5 Å². The molecule has 0 spiro atoms. The second-order valence-corrected chi connectivity index (χ2v) is 16.5. The summed E-state index contributed by atoms with van der Waals surface area (Å²) in [5.74, 6) is -12.6. The number of esters is 1. The lowest BCUT2D eigenvalue weighted by Crippen LogP contribution is -2.41. The second-order valence-electron chi connectivity index (χ2n) is 15.2. The molecule has 0 atom stereocenters. The van der Waals surface area contributed by atoms with Crippen LogP contribution in [0.2, 0.25) is 0 Å². The van der Waals surface area contributed by atoms with Crippen LogP contribution in [0.15, 0.2) is 39.7 Å². The smallest absolute Gasteiger partial charge is 0.314 e. The SMILES string of the molecule is CCCN(OCCNC(=O)NCCOCCOCCOCCOCCOCCOCCOCCOCCOCCOCCC(=O)Oc1c(F)c(F)c(S(=O)(=O)O)c(F)c1F)C(=O)C1=Cc2ccccc2N=C(N)C1. The van der Waals surface area contributed by atoms with Crippen LogP contribution in [-0.2, 0) is 71.9 Å². The minimum Gasteiger partial charge on any atom is -0.420 e. The first-order valence-corrected chi connectivity index (χ1v) is 25.1. The van der Waals surface area contributed by atoms with Gasteiger partial charge in [-0.15, -0.1) is 0 Å². The molecule has 0 fully saturated rings. The highest BCUT2D eigenvalue weighted by Gasteiger charge is 2.34. The molecule has 28 heteroatoms. The van der Waals surface area contributed by atoms with E-state index in [9.17, 15) is 40.4 Å². The van der Waals surface area contributed by atoms with Crippen LogP contribution in [0, 0.1) is 23.3 Å². The summed E-state index contributed by atoms with van der Waals surface area (Å²) in [4.78, 5) is 45.1. The Labute approximate surface area is 426 Å². The maximum Gasteiger partial charge on any atom is 0.314 e. The van der Waals surface area contributed by atoms with Crippen molar-refractivity contribution in [3.8, 4) is 5.75 Å². The van der Waals surface area contributed by atoms with Crippen LogP contribution in [0.1, 0.15) is 31.7 Å². The third-order valence-corrected chi connectivity index (χ3v) is 10.3. The van der Waals surface area contributed by atoms with Gasteiger partial charge in [-0.05, 0) is 18.6 Å². The van der Waals surface area contributed by atoms with E-state index in [1.165, 1.54) is 5.06 Å². The van der Waals surface area contributed by atoms with Crippen molar-refractivity contribution < 1.29 is 102 Å². The summed E-state index contributed by atoms with van der Waals surface area (Å²) in [5.41, 5.74) is 8.02. The van der Waals surface area contributed by atoms with Crippen molar-refractivity contribution in [2.75, 3.05) is 158 Å². The van der Waals surface area contributed by atoms with Gasteiger partial charge in [0.15, 0.2) is 16.5 Å². The summed E-state index contributed by atoms with van der Waals surface area (Å²) in [6, 6.07) is 7.04. The molecule has 1 aliphatic rings. The molecule has 0 aliphatic carbocycles. The van der Waals surface area contributed by atoms with Crippen molar-refractivity contribution in [1.82, 2.24) is 15.7 Å². The van der Waals surface area contributed by atoms with Crippen molar-refractivity contribution >= 4 is 45.6 Å². The zero-order valence-electron chi connectivity index (χ0n) is 41.3. The minimum atomic E-state index is -5.65. The number of nitrogens with one attached hydrogen (secondary N) is 2. The Morgan fingerprint density at radius 1 is 0.635 bits per heavy atom. The van der Waals surface area contributed by atoms with E-state index < -0.39 is 56.4 Å². The fourth-order valence-corrected chi connectivity index (χ4v) is 6.63. The Kier molecular flexibility index (Phi) is 32.3. The highest BCUT2D eigenvalue weighted by Crippen LogP contribution is 2.33. The fourth-order valence-electron chi connectivity index (χ4n) is 5.99. The van der Waals surface area contributed by atoms with Gasteiger partial charge in [-0.1, -0.05) is 25.1 Å². The molecule has 0 radical (unpaired) electrons. The first kappa shape index (κ1) is 63.3. The third-order valence-electron chi connectivity index (χ3n) is 9.45. The molecule has 1 aliphatic heterocycles. The summed E-state index contributed by atoms with van der Waals surface area (Å²) in [6.45, 7) is 8.74. The number of halogens is 4. The molecule has 3 rings (SSSR count). The van der Waals surface area contributed by atoms with E-state index in [1.54, 1.807) is 6.08 Å². The van der Waals surface area contributed by atoms with Gasteiger partial charge >= 0.3 is 22.1 Å². The quantitative estimate of drug-likeness (QED) is 0.0141. The number of hydroxylamine groups is 2. The zero-order chi connectivity index (χ0) is 53.8. The van der Waals surface area contributed by atoms with Crippen LogP contribution in [0.3, 0.4) is 0 Å². The monoisotopic (exact) mass is 1090 g/mol. The Morgan fingerprint density at radius 3 is 1.50 bits per heavy atom. The Bertz CT molecular complexity index is 2130. The van der Waals surface area contributed by atoms with Gasteiger partial charge in [0.2, 0.25) is 17.4 Å². The average Bonchev–Trinajstić information content (AvgIpc) is 3.54. The molecule has 23 nitrogen and oxygen atoms in total. The number of hydrogen-bond acceptors (Lipinski definition) is 19. The number of amidine groups is 1. The second kappa shape index (κ2) is 37.7. The van der Waals surface area contributed by atoms with E-state index in [1.807, 2.05) is 31.2 Å². The van der Waals surface area contributed by atoms with Gasteiger partial charge in [0.25, 0.3) is 5.91 Å². The summed E-state index contributed by atoms with van der Waals surface area (Å²) >= 11 is 0. The first-order chi connectivity index (χ1) is 35.7. The molecule has 1 heterocycles. The van der Waals surface area contributed by atoms with Crippen molar-refractivity contribution in [1.29, 1.82) is 0 Å². The topological polar surface area (TPSA) is 282 Å².